The molecule has 5 nitrogen and oxygen atoms in total. The topological polar surface area (TPSA) is 67.2 Å². The average Bonchev–Trinajstić information content (AvgIpc) is 3.22. The predicted molar refractivity (Wildman–Crippen MR) is 86.3 cm³/mol. The Morgan fingerprint density at radius 3 is 2.73 bits per heavy atom. The molecular weight excluding hydrogens is 298 g/mol. The summed E-state index contributed by atoms with van der Waals surface area (Å²) in [6.07, 6.45) is 0. The largest absolute Gasteiger partial charge is 0.395 e. The van der Waals surface area contributed by atoms with Crippen LogP contribution in [0.2, 0.25) is 0 Å². The van der Waals surface area contributed by atoms with Crippen LogP contribution in [0.5, 0.6) is 0 Å². The Balaban J connectivity index is 2.04. The Morgan fingerprint density at radius 2 is 2.05 bits per heavy atom. The van der Waals surface area contributed by atoms with E-state index >= 15 is 0 Å². The molecule has 0 aliphatic carbocycles. The van der Waals surface area contributed by atoms with Crippen LogP contribution in [0.1, 0.15) is 10.5 Å². The maximum atomic E-state index is 12.3. The van der Waals surface area contributed by atoms with Crippen molar-refractivity contribution in [2.24, 2.45) is 0 Å². The number of aliphatic hydroxyl groups excluding tert-OH is 1. The minimum Gasteiger partial charge on any atom is -0.395 e. The summed E-state index contributed by atoms with van der Waals surface area (Å²) in [4.78, 5) is 13.3. The molecule has 0 atom stereocenters. The van der Waals surface area contributed by atoms with Gasteiger partial charge in [-0.15, -0.1) is 11.3 Å². The number of thiophene rings is 1. The maximum absolute atomic E-state index is 12.3. The van der Waals surface area contributed by atoms with Gasteiger partial charge in [0.05, 0.1) is 17.2 Å². The number of rotatable bonds is 5. The van der Waals surface area contributed by atoms with Gasteiger partial charge in [-0.3, -0.25) is 4.79 Å². The molecule has 22 heavy (non-hydrogen) atoms. The first-order valence-electron chi connectivity index (χ1n) is 6.88. The van der Waals surface area contributed by atoms with Gasteiger partial charge in [-0.1, -0.05) is 24.3 Å². The Labute approximate surface area is 131 Å². The van der Waals surface area contributed by atoms with Crippen LogP contribution >= 0.6 is 11.3 Å². The summed E-state index contributed by atoms with van der Waals surface area (Å²) in [6, 6.07) is 15.2. The summed E-state index contributed by atoms with van der Waals surface area (Å²) in [5, 5.41) is 18.1. The van der Waals surface area contributed by atoms with Crippen LogP contribution in [-0.2, 0) is 0 Å². The Bertz CT molecular complexity index is 751. The SMILES string of the molecule is O=C(NCCO)c1cc(-c2cccs2)nn1-c1ccccc1. The number of aliphatic hydroxyl groups is 1. The molecule has 1 amide bonds. The zero-order chi connectivity index (χ0) is 15.4. The van der Waals surface area contributed by atoms with E-state index in [1.807, 2.05) is 47.8 Å². The second kappa shape index (κ2) is 6.55. The number of aromatic nitrogens is 2. The van der Waals surface area contributed by atoms with Crippen LogP contribution in [-0.4, -0.2) is 33.9 Å². The first-order valence-corrected chi connectivity index (χ1v) is 7.76. The molecule has 2 heterocycles. The first kappa shape index (κ1) is 14.5. The molecule has 0 saturated carbocycles. The third-order valence-electron chi connectivity index (χ3n) is 3.11. The molecule has 2 aromatic heterocycles. The van der Waals surface area contributed by atoms with E-state index < -0.39 is 0 Å². The molecule has 0 fully saturated rings. The molecule has 0 aliphatic heterocycles. The monoisotopic (exact) mass is 313 g/mol. The van der Waals surface area contributed by atoms with Crippen LogP contribution in [0.4, 0.5) is 0 Å². The third kappa shape index (κ3) is 2.93. The lowest BCUT2D eigenvalue weighted by Crippen LogP contribution is -2.28. The molecular formula is C16H15N3O2S. The van der Waals surface area contributed by atoms with Gasteiger partial charge in [-0.2, -0.15) is 5.10 Å². The van der Waals surface area contributed by atoms with Gasteiger partial charge in [0.1, 0.15) is 11.4 Å². The fraction of sp³-hybridized carbons (Fsp3) is 0.125. The molecule has 3 aromatic rings. The summed E-state index contributed by atoms with van der Waals surface area (Å²) in [6.45, 7) is 0.121. The van der Waals surface area contributed by atoms with E-state index in [-0.39, 0.29) is 19.1 Å². The number of nitrogens with zero attached hydrogens (tertiary/aromatic N) is 2. The van der Waals surface area contributed by atoms with Gasteiger partial charge in [-0.25, -0.2) is 4.68 Å². The fourth-order valence-electron chi connectivity index (χ4n) is 2.11. The van der Waals surface area contributed by atoms with E-state index in [4.69, 9.17) is 5.11 Å². The highest BCUT2D eigenvalue weighted by Gasteiger charge is 2.17. The highest BCUT2D eigenvalue weighted by atomic mass is 32.1. The standard InChI is InChI=1S/C16H15N3O2S/c20-9-8-17-16(21)14-11-13(15-7-4-10-22-15)18-19(14)12-5-2-1-3-6-12/h1-7,10-11,20H,8-9H2,(H,17,21). The molecule has 0 saturated heterocycles. The van der Waals surface area contributed by atoms with Gasteiger partial charge in [0.15, 0.2) is 0 Å². The van der Waals surface area contributed by atoms with Crippen molar-refractivity contribution in [3.05, 3.63) is 59.6 Å². The molecule has 3 rings (SSSR count). The summed E-state index contributed by atoms with van der Waals surface area (Å²) in [7, 11) is 0. The molecule has 2 N–H and O–H groups in total. The molecule has 0 radical (unpaired) electrons. The Kier molecular flexibility index (Phi) is 4.32. The van der Waals surface area contributed by atoms with E-state index in [2.05, 4.69) is 10.4 Å². The molecule has 0 aliphatic rings. The van der Waals surface area contributed by atoms with Crippen LogP contribution in [0.25, 0.3) is 16.3 Å². The van der Waals surface area contributed by atoms with Crippen LogP contribution in [0.3, 0.4) is 0 Å². The predicted octanol–water partition coefficient (Wildman–Crippen LogP) is 2.32. The zero-order valence-corrected chi connectivity index (χ0v) is 12.6. The lowest BCUT2D eigenvalue weighted by molar-refractivity contribution is 0.0937. The van der Waals surface area contributed by atoms with Crippen molar-refractivity contribution in [2.45, 2.75) is 0 Å². The maximum Gasteiger partial charge on any atom is 0.270 e. The Morgan fingerprint density at radius 1 is 1.23 bits per heavy atom. The normalized spacial score (nSPS) is 10.6. The van der Waals surface area contributed by atoms with Gasteiger partial charge in [-0.05, 0) is 29.6 Å². The highest BCUT2D eigenvalue weighted by Crippen LogP contribution is 2.25. The number of amides is 1. The second-order valence-corrected chi connectivity index (χ2v) is 5.57. The highest BCUT2D eigenvalue weighted by molar-refractivity contribution is 7.13. The summed E-state index contributed by atoms with van der Waals surface area (Å²) >= 11 is 1.58. The van der Waals surface area contributed by atoms with Crippen molar-refractivity contribution >= 4 is 17.2 Å². The molecule has 6 heteroatoms. The lowest BCUT2D eigenvalue weighted by atomic mass is 10.3. The quantitative estimate of drug-likeness (QED) is 0.759. The number of carbonyl (C=O) groups is 1. The van der Waals surface area contributed by atoms with Gasteiger partial charge < -0.3 is 10.4 Å². The molecule has 0 bridgehead atoms. The van der Waals surface area contributed by atoms with Crippen LogP contribution < -0.4 is 5.32 Å². The van der Waals surface area contributed by atoms with Crippen molar-refractivity contribution in [2.75, 3.05) is 13.2 Å². The third-order valence-corrected chi connectivity index (χ3v) is 4.01. The van der Waals surface area contributed by atoms with Crippen LogP contribution in [0, 0.1) is 0 Å². The average molecular weight is 313 g/mol. The van der Waals surface area contributed by atoms with Crippen molar-refractivity contribution in [3.8, 4) is 16.3 Å². The van der Waals surface area contributed by atoms with Gasteiger partial charge in [0.2, 0.25) is 0 Å². The molecule has 0 spiro atoms. The number of nitrogens with one attached hydrogen (secondary N) is 1. The number of benzene rings is 1. The summed E-state index contributed by atoms with van der Waals surface area (Å²) < 4.78 is 1.63. The van der Waals surface area contributed by atoms with Crippen LogP contribution in [0.15, 0.2) is 53.9 Å². The van der Waals surface area contributed by atoms with E-state index in [9.17, 15) is 4.79 Å². The van der Waals surface area contributed by atoms with Crippen molar-refractivity contribution in [1.29, 1.82) is 0 Å². The van der Waals surface area contributed by atoms with Gasteiger partial charge in [0, 0.05) is 6.54 Å². The van der Waals surface area contributed by atoms with Crippen molar-refractivity contribution in [1.82, 2.24) is 15.1 Å². The second-order valence-electron chi connectivity index (χ2n) is 4.62. The van der Waals surface area contributed by atoms with E-state index in [0.29, 0.717) is 5.69 Å². The van der Waals surface area contributed by atoms with E-state index in [0.717, 1.165) is 16.3 Å². The minimum atomic E-state index is -0.256. The number of para-hydroxylation sites is 1. The molecule has 1 aromatic carbocycles. The zero-order valence-electron chi connectivity index (χ0n) is 11.8. The Hall–Kier alpha value is -2.44. The molecule has 112 valence electrons. The summed E-state index contributed by atoms with van der Waals surface area (Å²) in [5.41, 5.74) is 2.02. The fourth-order valence-corrected chi connectivity index (χ4v) is 2.79. The van der Waals surface area contributed by atoms with Gasteiger partial charge >= 0.3 is 0 Å². The van der Waals surface area contributed by atoms with E-state index in [1.54, 1.807) is 22.1 Å². The number of hydrogen-bond donors (Lipinski definition) is 2. The number of hydrogen-bond acceptors (Lipinski definition) is 4. The van der Waals surface area contributed by atoms with E-state index in [1.165, 1.54) is 0 Å². The smallest absolute Gasteiger partial charge is 0.270 e. The lowest BCUT2D eigenvalue weighted by Gasteiger charge is -2.07. The molecule has 0 unspecified atom stereocenters. The first-order chi connectivity index (χ1) is 10.8. The van der Waals surface area contributed by atoms with Crippen molar-refractivity contribution in [3.63, 3.8) is 0 Å². The minimum absolute atomic E-state index is 0.0943. The number of carbonyl (C=O) groups excluding carboxylic acids is 1. The summed E-state index contributed by atoms with van der Waals surface area (Å²) in [5.74, 6) is -0.256. The van der Waals surface area contributed by atoms with Crippen molar-refractivity contribution < 1.29 is 9.90 Å². The van der Waals surface area contributed by atoms with Gasteiger partial charge in [0.25, 0.3) is 5.91 Å².